The minimum atomic E-state index is -0.871. The molecule has 1 aromatic carbocycles. The van der Waals surface area contributed by atoms with Gasteiger partial charge in [0.25, 0.3) is 0 Å². The minimum absolute atomic E-state index is 0.282. The molecule has 114 valence electrons. The van der Waals surface area contributed by atoms with Gasteiger partial charge in [-0.25, -0.2) is 9.18 Å². The van der Waals surface area contributed by atoms with E-state index >= 15 is 0 Å². The number of carbonyl (C=O) groups excluding carboxylic acids is 1. The van der Waals surface area contributed by atoms with Gasteiger partial charge < -0.3 is 15.7 Å². The number of carboxylic acid groups (broad SMARTS) is 1. The molecular weight excluding hydrogens is 275 g/mol. The molecule has 1 aromatic rings. The lowest BCUT2D eigenvalue weighted by Gasteiger charge is -2.20. The molecule has 0 saturated heterocycles. The topological polar surface area (TPSA) is 78.4 Å². The minimum Gasteiger partial charge on any atom is -0.481 e. The van der Waals surface area contributed by atoms with Gasteiger partial charge in [0.1, 0.15) is 5.82 Å². The highest BCUT2D eigenvalue weighted by atomic mass is 19.1. The van der Waals surface area contributed by atoms with E-state index in [0.29, 0.717) is 12.8 Å². The van der Waals surface area contributed by atoms with Crippen molar-refractivity contribution in [3.8, 4) is 0 Å². The predicted molar refractivity (Wildman–Crippen MR) is 75.2 cm³/mol. The normalized spacial score (nSPS) is 22.6. The van der Waals surface area contributed by atoms with Gasteiger partial charge in [-0.05, 0) is 37.5 Å². The van der Waals surface area contributed by atoms with Gasteiger partial charge >= 0.3 is 12.0 Å². The van der Waals surface area contributed by atoms with E-state index in [1.54, 1.807) is 19.1 Å². The molecule has 0 bridgehead atoms. The van der Waals surface area contributed by atoms with Crippen molar-refractivity contribution in [2.75, 3.05) is 0 Å². The lowest BCUT2D eigenvalue weighted by Crippen LogP contribution is -2.45. The van der Waals surface area contributed by atoms with E-state index in [4.69, 9.17) is 5.11 Å². The summed E-state index contributed by atoms with van der Waals surface area (Å²) < 4.78 is 12.8. The van der Waals surface area contributed by atoms with Crippen LogP contribution < -0.4 is 10.6 Å². The molecule has 1 fully saturated rings. The van der Waals surface area contributed by atoms with Gasteiger partial charge in [0, 0.05) is 6.04 Å². The summed E-state index contributed by atoms with van der Waals surface area (Å²) in [6.07, 6.45) is 2.07. The van der Waals surface area contributed by atoms with E-state index in [0.717, 1.165) is 12.0 Å². The van der Waals surface area contributed by atoms with Crippen molar-refractivity contribution in [3.05, 3.63) is 35.6 Å². The van der Waals surface area contributed by atoms with E-state index in [-0.39, 0.29) is 17.9 Å². The maximum Gasteiger partial charge on any atom is 0.315 e. The van der Waals surface area contributed by atoms with Crippen molar-refractivity contribution in [1.82, 2.24) is 10.6 Å². The first kappa shape index (κ1) is 15.3. The van der Waals surface area contributed by atoms with Crippen molar-refractivity contribution in [1.29, 1.82) is 0 Å². The maximum absolute atomic E-state index is 12.8. The molecule has 0 heterocycles. The van der Waals surface area contributed by atoms with E-state index in [1.807, 2.05) is 0 Å². The first-order chi connectivity index (χ1) is 9.97. The average molecular weight is 294 g/mol. The van der Waals surface area contributed by atoms with Crippen LogP contribution >= 0.6 is 0 Å². The summed E-state index contributed by atoms with van der Waals surface area (Å²) >= 11 is 0. The third-order valence-corrected chi connectivity index (χ3v) is 3.87. The number of urea groups is 1. The zero-order chi connectivity index (χ0) is 15.4. The van der Waals surface area contributed by atoms with E-state index in [9.17, 15) is 14.0 Å². The van der Waals surface area contributed by atoms with Crippen molar-refractivity contribution < 1.29 is 19.1 Å². The molecule has 2 amide bonds. The number of carbonyl (C=O) groups is 2. The fraction of sp³-hybridized carbons (Fsp3) is 0.467. The van der Waals surface area contributed by atoms with Gasteiger partial charge in [0.2, 0.25) is 0 Å². The number of aliphatic carboxylic acids is 1. The molecule has 6 heteroatoms. The van der Waals surface area contributed by atoms with Crippen molar-refractivity contribution in [2.24, 2.45) is 5.92 Å². The largest absolute Gasteiger partial charge is 0.481 e. The highest BCUT2D eigenvalue weighted by molar-refractivity contribution is 5.77. The molecular formula is C15H19FN2O3. The third kappa shape index (κ3) is 3.93. The SMILES string of the molecule is CC(NC(=O)NC1CCCC1C(=O)O)c1ccc(F)cc1. The molecule has 5 nitrogen and oxygen atoms in total. The molecule has 2 rings (SSSR count). The van der Waals surface area contributed by atoms with Gasteiger partial charge in [0.05, 0.1) is 12.0 Å². The summed E-state index contributed by atoms with van der Waals surface area (Å²) in [4.78, 5) is 23.0. The summed E-state index contributed by atoms with van der Waals surface area (Å²) in [7, 11) is 0. The number of benzene rings is 1. The van der Waals surface area contributed by atoms with Crippen LogP contribution in [0.4, 0.5) is 9.18 Å². The number of carboxylic acids is 1. The molecule has 1 aliphatic carbocycles. The lowest BCUT2D eigenvalue weighted by molar-refractivity contribution is -0.142. The maximum atomic E-state index is 12.8. The fourth-order valence-electron chi connectivity index (χ4n) is 2.67. The van der Waals surface area contributed by atoms with Crippen LogP contribution in [-0.4, -0.2) is 23.1 Å². The first-order valence-electron chi connectivity index (χ1n) is 7.02. The Morgan fingerprint density at radius 3 is 2.57 bits per heavy atom. The highest BCUT2D eigenvalue weighted by Crippen LogP contribution is 2.25. The van der Waals surface area contributed by atoms with E-state index < -0.39 is 17.9 Å². The van der Waals surface area contributed by atoms with Crippen molar-refractivity contribution in [3.63, 3.8) is 0 Å². The van der Waals surface area contributed by atoms with Gasteiger partial charge in [-0.15, -0.1) is 0 Å². The van der Waals surface area contributed by atoms with Crippen LogP contribution in [0.1, 0.15) is 37.8 Å². The summed E-state index contributed by atoms with van der Waals surface area (Å²) in [5.41, 5.74) is 0.785. The second-order valence-electron chi connectivity index (χ2n) is 5.37. The van der Waals surface area contributed by atoms with Gasteiger partial charge in [-0.3, -0.25) is 4.79 Å². The zero-order valence-corrected chi connectivity index (χ0v) is 11.8. The Labute approximate surface area is 122 Å². The highest BCUT2D eigenvalue weighted by Gasteiger charge is 2.33. The molecule has 3 N–H and O–H groups in total. The molecule has 1 aliphatic rings. The Balaban J connectivity index is 1.89. The number of nitrogens with one attached hydrogen (secondary N) is 2. The number of rotatable bonds is 4. The number of hydrogen-bond acceptors (Lipinski definition) is 2. The zero-order valence-electron chi connectivity index (χ0n) is 11.8. The summed E-state index contributed by atoms with van der Waals surface area (Å²) in [6, 6.07) is 4.88. The second-order valence-corrected chi connectivity index (χ2v) is 5.37. The van der Waals surface area contributed by atoms with Gasteiger partial charge in [0.15, 0.2) is 0 Å². The Morgan fingerprint density at radius 2 is 1.95 bits per heavy atom. The Kier molecular flexibility index (Phi) is 4.77. The van der Waals surface area contributed by atoms with Crippen LogP contribution in [0.2, 0.25) is 0 Å². The molecule has 0 spiro atoms. The monoisotopic (exact) mass is 294 g/mol. The van der Waals surface area contributed by atoms with Crippen LogP contribution in [-0.2, 0) is 4.79 Å². The van der Waals surface area contributed by atoms with Gasteiger partial charge in [-0.1, -0.05) is 18.6 Å². The van der Waals surface area contributed by atoms with Gasteiger partial charge in [-0.2, -0.15) is 0 Å². The molecule has 0 aromatic heterocycles. The molecule has 0 aliphatic heterocycles. The number of amides is 2. The van der Waals surface area contributed by atoms with Crippen LogP contribution in [0, 0.1) is 11.7 Å². The summed E-state index contributed by atoms with van der Waals surface area (Å²) in [5, 5.41) is 14.5. The van der Waals surface area contributed by atoms with Crippen LogP contribution in [0.25, 0.3) is 0 Å². The fourth-order valence-corrected chi connectivity index (χ4v) is 2.67. The Morgan fingerprint density at radius 1 is 1.29 bits per heavy atom. The third-order valence-electron chi connectivity index (χ3n) is 3.87. The molecule has 21 heavy (non-hydrogen) atoms. The van der Waals surface area contributed by atoms with Crippen molar-refractivity contribution in [2.45, 2.75) is 38.3 Å². The molecule has 0 radical (unpaired) electrons. The molecule has 3 unspecified atom stereocenters. The number of hydrogen-bond donors (Lipinski definition) is 3. The second kappa shape index (κ2) is 6.56. The molecule has 3 atom stereocenters. The van der Waals surface area contributed by atoms with Crippen molar-refractivity contribution >= 4 is 12.0 Å². The first-order valence-corrected chi connectivity index (χ1v) is 7.02. The smallest absolute Gasteiger partial charge is 0.315 e. The van der Waals surface area contributed by atoms with E-state index in [1.165, 1.54) is 12.1 Å². The van der Waals surface area contributed by atoms with E-state index in [2.05, 4.69) is 10.6 Å². The Hall–Kier alpha value is -2.11. The lowest BCUT2D eigenvalue weighted by atomic mass is 10.0. The predicted octanol–water partition coefficient (Wildman–Crippen LogP) is 2.44. The summed E-state index contributed by atoms with van der Waals surface area (Å²) in [5.74, 6) is -1.72. The summed E-state index contributed by atoms with van der Waals surface area (Å²) in [6.45, 7) is 1.79. The molecule has 1 saturated carbocycles. The van der Waals surface area contributed by atoms with Crippen LogP contribution in [0.3, 0.4) is 0 Å². The van der Waals surface area contributed by atoms with Crippen LogP contribution in [0.15, 0.2) is 24.3 Å². The number of halogens is 1. The average Bonchev–Trinajstić information content (AvgIpc) is 2.87. The quantitative estimate of drug-likeness (QED) is 0.798. The standard InChI is InChI=1S/C15H19FN2O3/c1-9(10-5-7-11(16)8-6-10)17-15(21)18-13-4-2-3-12(13)14(19)20/h5-9,12-13H,2-4H2,1H3,(H,19,20)(H2,17,18,21). The Bertz CT molecular complexity index is 518. The van der Waals surface area contributed by atoms with Crippen LogP contribution in [0.5, 0.6) is 0 Å².